The number of hydrogen-bond acceptors (Lipinski definition) is 6. The molecule has 2 unspecified atom stereocenters. The van der Waals surface area contributed by atoms with Crippen molar-refractivity contribution in [2.24, 2.45) is 11.8 Å². The van der Waals surface area contributed by atoms with E-state index in [1.807, 2.05) is 45.0 Å². The minimum atomic E-state index is -0.248. The van der Waals surface area contributed by atoms with Crippen LogP contribution >= 0.6 is 0 Å². The number of urea groups is 1. The Hall–Kier alpha value is -2.90. The molecule has 2 fully saturated rings. The van der Waals surface area contributed by atoms with Gasteiger partial charge in [-0.2, -0.15) is 4.98 Å². The van der Waals surface area contributed by atoms with Crippen molar-refractivity contribution in [3.63, 3.8) is 0 Å². The minimum absolute atomic E-state index is 0.0275. The standard InChI is InChI=1S/C23H30N4O4/c1-4-30-17-11-9-16(10-12-17)21-24-20(31-25-21)14-26-19-8-6-5-7-18(19)22(28)27(23(26)29)13-15(2)3/h9-12,15,18-19H,4-8,13-14H2,1-3H3. The summed E-state index contributed by atoms with van der Waals surface area (Å²) < 4.78 is 11.0. The van der Waals surface area contributed by atoms with Gasteiger partial charge >= 0.3 is 6.03 Å². The van der Waals surface area contributed by atoms with Crippen LogP contribution in [0.2, 0.25) is 0 Å². The molecule has 1 aromatic carbocycles. The first kappa shape index (κ1) is 21.3. The van der Waals surface area contributed by atoms with Crippen LogP contribution in [-0.4, -0.2) is 51.1 Å². The van der Waals surface area contributed by atoms with Crippen molar-refractivity contribution in [3.05, 3.63) is 30.2 Å². The number of aromatic nitrogens is 2. The highest BCUT2D eigenvalue weighted by Gasteiger charge is 2.47. The summed E-state index contributed by atoms with van der Waals surface area (Å²) in [6.07, 6.45) is 3.69. The summed E-state index contributed by atoms with van der Waals surface area (Å²) in [5.41, 5.74) is 0.815. The summed E-state index contributed by atoms with van der Waals surface area (Å²) in [7, 11) is 0. The number of ether oxygens (including phenoxy) is 1. The predicted molar refractivity (Wildman–Crippen MR) is 114 cm³/mol. The number of imide groups is 1. The highest BCUT2D eigenvalue weighted by Crippen LogP contribution is 2.35. The molecule has 1 aliphatic carbocycles. The van der Waals surface area contributed by atoms with Gasteiger partial charge < -0.3 is 14.2 Å². The number of nitrogens with zero attached hydrogens (tertiary/aromatic N) is 4. The van der Waals surface area contributed by atoms with Crippen LogP contribution in [0.3, 0.4) is 0 Å². The van der Waals surface area contributed by atoms with Crippen LogP contribution < -0.4 is 4.74 Å². The lowest BCUT2D eigenvalue weighted by molar-refractivity contribution is -0.141. The van der Waals surface area contributed by atoms with Crippen molar-refractivity contribution in [1.82, 2.24) is 19.9 Å². The largest absolute Gasteiger partial charge is 0.494 e. The summed E-state index contributed by atoms with van der Waals surface area (Å²) in [5, 5.41) is 4.09. The van der Waals surface area contributed by atoms with Crippen molar-refractivity contribution in [2.45, 2.75) is 59.0 Å². The smallest absolute Gasteiger partial charge is 0.327 e. The zero-order valence-corrected chi connectivity index (χ0v) is 18.4. The van der Waals surface area contributed by atoms with Gasteiger partial charge in [0.25, 0.3) is 0 Å². The van der Waals surface area contributed by atoms with E-state index in [1.165, 1.54) is 4.90 Å². The Morgan fingerprint density at radius 3 is 2.61 bits per heavy atom. The second-order valence-electron chi connectivity index (χ2n) is 8.68. The Morgan fingerprint density at radius 1 is 1.16 bits per heavy atom. The third-order valence-electron chi connectivity index (χ3n) is 5.93. The van der Waals surface area contributed by atoms with Gasteiger partial charge in [-0.05, 0) is 49.9 Å². The van der Waals surface area contributed by atoms with E-state index in [-0.39, 0.29) is 36.4 Å². The molecule has 2 heterocycles. The van der Waals surface area contributed by atoms with E-state index >= 15 is 0 Å². The van der Waals surface area contributed by atoms with Gasteiger partial charge in [-0.3, -0.25) is 9.69 Å². The molecular weight excluding hydrogens is 396 g/mol. The van der Waals surface area contributed by atoms with E-state index in [0.717, 1.165) is 37.0 Å². The number of rotatable bonds is 7. The van der Waals surface area contributed by atoms with Gasteiger partial charge in [0, 0.05) is 18.2 Å². The van der Waals surface area contributed by atoms with E-state index in [2.05, 4.69) is 10.1 Å². The molecule has 1 saturated carbocycles. The first-order valence-electron chi connectivity index (χ1n) is 11.2. The predicted octanol–water partition coefficient (Wildman–Crippen LogP) is 4.11. The maximum Gasteiger partial charge on any atom is 0.327 e. The van der Waals surface area contributed by atoms with Crippen LogP contribution in [0.15, 0.2) is 28.8 Å². The third-order valence-corrected chi connectivity index (χ3v) is 5.93. The van der Waals surface area contributed by atoms with Crippen LogP contribution in [0.25, 0.3) is 11.4 Å². The first-order chi connectivity index (χ1) is 15.0. The Morgan fingerprint density at radius 2 is 1.90 bits per heavy atom. The number of amides is 3. The Labute approximate surface area is 182 Å². The van der Waals surface area contributed by atoms with Crippen LogP contribution in [0.4, 0.5) is 4.79 Å². The van der Waals surface area contributed by atoms with Gasteiger partial charge in [-0.1, -0.05) is 31.8 Å². The van der Waals surface area contributed by atoms with Crippen molar-refractivity contribution in [1.29, 1.82) is 0 Å². The average Bonchev–Trinajstić information content (AvgIpc) is 3.23. The molecule has 3 amide bonds. The van der Waals surface area contributed by atoms with Gasteiger partial charge in [-0.25, -0.2) is 4.79 Å². The van der Waals surface area contributed by atoms with Gasteiger partial charge in [0.2, 0.25) is 17.6 Å². The molecule has 31 heavy (non-hydrogen) atoms. The third kappa shape index (κ3) is 4.43. The highest BCUT2D eigenvalue weighted by atomic mass is 16.5. The lowest BCUT2D eigenvalue weighted by Gasteiger charge is -2.46. The van der Waals surface area contributed by atoms with Crippen molar-refractivity contribution < 1.29 is 18.8 Å². The molecule has 8 heteroatoms. The molecule has 0 spiro atoms. The zero-order valence-electron chi connectivity index (χ0n) is 18.4. The summed E-state index contributed by atoms with van der Waals surface area (Å²) in [6, 6.07) is 7.15. The molecule has 0 radical (unpaired) electrons. The number of carbonyl (C=O) groups excluding carboxylic acids is 2. The molecule has 8 nitrogen and oxygen atoms in total. The summed E-state index contributed by atoms with van der Waals surface area (Å²) in [5.74, 6) is 1.67. The lowest BCUT2D eigenvalue weighted by atomic mass is 9.81. The van der Waals surface area contributed by atoms with Crippen LogP contribution in [-0.2, 0) is 11.3 Å². The van der Waals surface area contributed by atoms with Gasteiger partial charge in [0.1, 0.15) is 12.3 Å². The van der Waals surface area contributed by atoms with Gasteiger partial charge in [0.15, 0.2) is 0 Å². The van der Waals surface area contributed by atoms with Gasteiger partial charge in [0.05, 0.1) is 12.5 Å². The fourth-order valence-electron chi connectivity index (χ4n) is 4.53. The number of hydrogen-bond donors (Lipinski definition) is 0. The quantitative estimate of drug-likeness (QED) is 0.662. The van der Waals surface area contributed by atoms with Crippen molar-refractivity contribution in [3.8, 4) is 17.1 Å². The molecule has 0 N–H and O–H groups in total. The Bertz CT molecular complexity index is 924. The first-order valence-corrected chi connectivity index (χ1v) is 11.2. The number of benzene rings is 1. The molecule has 0 bridgehead atoms. The molecule has 2 atom stereocenters. The van der Waals surface area contributed by atoms with Crippen LogP contribution in [0.5, 0.6) is 5.75 Å². The van der Waals surface area contributed by atoms with Crippen LogP contribution in [0.1, 0.15) is 52.3 Å². The lowest BCUT2D eigenvalue weighted by Crippen LogP contribution is -2.62. The highest BCUT2D eigenvalue weighted by molar-refractivity contribution is 5.98. The molecule has 1 aliphatic heterocycles. The normalized spacial score (nSPS) is 21.5. The van der Waals surface area contributed by atoms with Crippen molar-refractivity contribution >= 4 is 11.9 Å². The maximum absolute atomic E-state index is 13.2. The van der Waals surface area contributed by atoms with E-state index in [9.17, 15) is 9.59 Å². The van der Waals surface area contributed by atoms with E-state index in [0.29, 0.717) is 24.9 Å². The summed E-state index contributed by atoms with van der Waals surface area (Å²) in [6.45, 7) is 7.21. The summed E-state index contributed by atoms with van der Waals surface area (Å²) in [4.78, 5) is 33.9. The Balaban J connectivity index is 1.54. The van der Waals surface area contributed by atoms with Gasteiger partial charge in [-0.15, -0.1) is 0 Å². The summed E-state index contributed by atoms with van der Waals surface area (Å²) >= 11 is 0. The minimum Gasteiger partial charge on any atom is -0.494 e. The second-order valence-corrected chi connectivity index (χ2v) is 8.68. The number of carbonyl (C=O) groups is 2. The fourth-order valence-corrected chi connectivity index (χ4v) is 4.53. The van der Waals surface area contributed by atoms with E-state index in [4.69, 9.17) is 9.26 Å². The molecular formula is C23H30N4O4. The average molecular weight is 427 g/mol. The van der Waals surface area contributed by atoms with Crippen LogP contribution in [0, 0.1) is 11.8 Å². The molecule has 166 valence electrons. The van der Waals surface area contributed by atoms with E-state index < -0.39 is 0 Å². The SMILES string of the molecule is CCOc1ccc(-c2noc(CN3C(=O)N(CC(C)C)C(=O)C4CCCCC43)n2)cc1. The number of fused-ring (bicyclic) bond motifs is 1. The topological polar surface area (TPSA) is 88.8 Å². The molecule has 1 aromatic heterocycles. The molecule has 2 aromatic rings. The maximum atomic E-state index is 13.2. The zero-order chi connectivity index (χ0) is 22.0. The molecule has 2 aliphatic rings. The van der Waals surface area contributed by atoms with E-state index in [1.54, 1.807) is 4.90 Å². The fraction of sp³-hybridized carbons (Fsp3) is 0.565. The Kier molecular flexibility index (Phi) is 6.25. The monoisotopic (exact) mass is 426 g/mol. The van der Waals surface area contributed by atoms with Crippen molar-refractivity contribution in [2.75, 3.05) is 13.2 Å². The molecule has 4 rings (SSSR count). The molecule has 1 saturated heterocycles. The second kappa shape index (κ2) is 9.08.